The largest absolute Gasteiger partial charge is 0.496 e. The molecule has 0 unspecified atom stereocenters. The van der Waals surface area contributed by atoms with Gasteiger partial charge in [-0.3, -0.25) is 4.79 Å². The van der Waals surface area contributed by atoms with E-state index in [0.717, 1.165) is 16.9 Å². The third kappa shape index (κ3) is 4.98. The van der Waals surface area contributed by atoms with Gasteiger partial charge in [-0.2, -0.15) is 0 Å². The highest BCUT2D eigenvalue weighted by molar-refractivity contribution is 5.77. The fourth-order valence-electron chi connectivity index (χ4n) is 2.20. The van der Waals surface area contributed by atoms with Crippen molar-refractivity contribution in [2.75, 3.05) is 20.3 Å². The van der Waals surface area contributed by atoms with Gasteiger partial charge in [0.25, 0.3) is 5.91 Å². The first-order chi connectivity index (χ1) is 11.1. The molecule has 0 aliphatic carbocycles. The van der Waals surface area contributed by atoms with E-state index in [1.165, 1.54) is 12.1 Å². The van der Waals surface area contributed by atoms with Crippen LogP contribution in [0.2, 0.25) is 0 Å². The molecule has 0 fully saturated rings. The lowest BCUT2D eigenvalue weighted by Crippen LogP contribution is -2.30. The lowest BCUT2D eigenvalue weighted by atomic mass is 10.1. The topological polar surface area (TPSA) is 47.6 Å². The predicted octanol–water partition coefficient (Wildman–Crippen LogP) is 2.88. The summed E-state index contributed by atoms with van der Waals surface area (Å²) in [5, 5.41) is 2.75. The number of halogens is 1. The van der Waals surface area contributed by atoms with E-state index in [1.807, 2.05) is 25.1 Å². The molecular weight excluding hydrogens is 297 g/mol. The molecule has 0 atom stereocenters. The Bertz CT molecular complexity index is 673. The van der Waals surface area contributed by atoms with Crippen LogP contribution in [-0.4, -0.2) is 26.2 Å². The van der Waals surface area contributed by atoms with Crippen molar-refractivity contribution in [2.45, 2.75) is 13.3 Å². The van der Waals surface area contributed by atoms with E-state index < -0.39 is 5.82 Å². The van der Waals surface area contributed by atoms with Crippen LogP contribution in [0.25, 0.3) is 0 Å². The summed E-state index contributed by atoms with van der Waals surface area (Å²) in [7, 11) is 1.64. The number of benzene rings is 2. The third-order valence-electron chi connectivity index (χ3n) is 3.39. The molecule has 1 N–H and O–H groups in total. The van der Waals surface area contributed by atoms with Crippen LogP contribution in [0.3, 0.4) is 0 Å². The van der Waals surface area contributed by atoms with Crippen LogP contribution in [0, 0.1) is 12.7 Å². The summed E-state index contributed by atoms with van der Waals surface area (Å²) >= 11 is 0. The van der Waals surface area contributed by atoms with Crippen molar-refractivity contribution in [3.05, 3.63) is 59.4 Å². The first-order valence-corrected chi connectivity index (χ1v) is 7.37. The van der Waals surface area contributed by atoms with Crippen molar-refractivity contribution < 1.29 is 18.7 Å². The number of amides is 1. The molecule has 122 valence electrons. The number of hydrogen-bond acceptors (Lipinski definition) is 3. The number of para-hydroxylation sites is 1. The lowest BCUT2D eigenvalue weighted by Gasteiger charge is -2.09. The fraction of sp³-hybridized carbons (Fsp3) is 0.278. The highest BCUT2D eigenvalue weighted by Crippen LogP contribution is 2.18. The number of nitrogens with one attached hydrogen (secondary N) is 1. The van der Waals surface area contributed by atoms with Gasteiger partial charge in [-0.25, -0.2) is 4.39 Å². The Morgan fingerprint density at radius 1 is 1.17 bits per heavy atom. The summed E-state index contributed by atoms with van der Waals surface area (Å²) in [4.78, 5) is 11.7. The number of ether oxygens (including phenoxy) is 2. The second-order valence-corrected chi connectivity index (χ2v) is 5.12. The second-order valence-electron chi connectivity index (χ2n) is 5.12. The Morgan fingerprint density at radius 3 is 2.65 bits per heavy atom. The van der Waals surface area contributed by atoms with Gasteiger partial charge in [-0.05, 0) is 42.7 Å². The summed E-state index contributed by atoms with van der Waals surface area (Å²) in [5.74, 6) is 0.164. The monoisotopic (exact) mass is 317 g/mol. The van der Waals surface area contributed by atoms with E-state index in [0.29, 0.717) is 13.0 Å². The molecule has 0 aliphatic heterocycles. The molecule has 0 aromatic heterocycles. The molecule has 0 saturated heterocycles. The molecule has 23 heavy (non-hydrogen) atoms. The van der Waals surface area contributed by atoms with E-state index in [9.17, 15) is 9.18 Å². The standard InChI is InChI=1S/C18H20FNO3/c1-13-11-14(7-8-16(13)22-2)9-10-20-18(21)12-23-17-6-4-3-5-15(17)19/h3-8,11H,9-10,12H2,1-2H3,(H,20,21). The quantitative estimate of drug-likeness (QED) is 0.854. The normalized spacial score (nSPS) is 10.2. The minimum absolute atomic E-state index is 0.0772. The lowest BCUT2D eigenvalue weighted by molar-refractivity contribution is -0.123. The van der Waals surface area contributed by atoms with E-state index >= 15 is 0 Å². The zero-order valence-electron chi connectivity index (χ0n) is 13.3. The van der Waals surface area contributed by atoms with Gasteiger partial charge in [0.1, 0.15) is 5.75 Å². The molecule has 0 radical (unpaired) electrons. The van der Waals surface area contributed by atoms with Crippen LogP contribution in [0.1, 0.15) is 11.1 Å². The van der Waals surface area contributed by atoms with Gasteiger partial charge in [-0.15, -0.1) is 0 Å². The first kappa shape index (κ1) is 16.8. The summed E-state index contributed by atoms with van der Waals surface area (Å²) in [6, 6.07) is 11.9. The molecule has 1 amide bonds. The van der Waals surface area contributed by atoms with Crippen molar-refractivity contribution in [3.63, 3.8) is 0 Å². The summed E-state index contributed by atoms with van der Waals surface area (Å²) < 4.78 is 23.7. The second kappa shape index (κ2) is 8.17. The Labute approximate surface area is 135 Å². The van der Waals surface area contributed by atoms with Gasteiger partial charge < -0.3 is 14.8 Å². The maximum Gasteiger partial charge on any atom is 0.257 e. The van der Waals surface area contributed by atoms with Crippen molar-refractivity contribution in [2.24, 2.45) is 0 Å². The molecule has 2 aromatic carbocycles. The zero-order chi connectivity index (χ0) is 16.7. The number of carbonyl (C=O) groups is 1. The molecule has 4 nitrogen and oxygen atoms in total. The minimum Gasteiger partial charge on any atom is -0.496 e. The number of aryl methyl sites for hydroxylation is 1. The molecule has 5 heteroatoms. The smallest absolute Gasteiger partial charge is 0.257 e. The SMILES string of the molecule is COc1ccc(CCNC(=O)COc2ccccc2F)cc1C. The Hall–Kier alpha value is -2.56. The van der Waals surface area contributed by atoms with Crippen molar-refractivity contribution in [1.82, 2.24) is 5.32 Å². The number of carbonyl (C=O) groups excluding carboxylic acids is 1. The average molecular weight is 317 g/mol. The Morgan fingerprint density at radius 2 is 1.96 bits per heavy atom. The molecule has 2 rings (SSSR count). The van der Waals surface area contributed by atoms with Crippen molar-refractivity contribution in [1.29, 1.82) is 0 Å². The highest BCUT2D eigenvalue weighted by Gasteiger charge is 2.06. The van der Waals surface area contributed by atoms with Crippen molar-refractivity contribution in [3.8, 4) is 11.5 Å². The summed E-state index contributed by atoms with van der Waals surface area (Å²) in [5.41, 5.74) is 2.16. The zero-order valence-corrected chi connectivity index (χ0v) is 13.3. The summed E-state index contributed by atoms with van der Waals surface area (Å²) in [6.07, 6.45) is 0.705. The molecule has 0 bridgehead atoms. The van der Waals surface area contributed by atoms with E-state index in [1.54, 1.807) is 19.2 Å². The molecule has 0 aliphatic rings. The van der Waals surface area contributed by atoms with Gasteiger partial charge in [-0.1, -0.05) is 24.3 Å². The molecule has 0 saturated carbocycles. The van der Waals surface area contributed by atoms with E-state index in [-0.39, 0.29) is 18.3 Å². The van der Waals surface area contributed by atoms with Crippen LogP contribution >= 0.6 is 0 Å². The van der Waals surface area contributed by atoms with Gasteiger partial charge in [0.2, 0.25) is 0 Å². The molecule has 0 heterocycles. The first-order valence-electron chi connectivity index (χ1n) is 7.37. The third-order valence-corrected chi connectivity index (χ3v) is 3.39. The average Bonchev–Trinajstić information content (AvgIpc) is 2.54. The molecule has 0 spiro atoms. The number of rotatable bonds is 7. The van der Waals surface area contributed by atoms with Crippen LogP contribution in [0.15, 0.2) is 42.5 Å². The Balaban J connectivity index is 1.74. The molecule has 2 aromatic rings. The number of hydrogen-bond donors (Lipinski definition) is 1. The van der Waals surface area contributed by atoms with Crippen LogP contribution in [-0.2, 0) is 11.2 Å². The van der Waals surface area contributed by atoms with Crippen LogP contribution < -0.4 is 14.8 Å². The maximum atomic E-state index is 13.3. The Kier molecular flexibility index (Phi) is 5.97. The van der Waals surface area contributed by atoms with E-state index in [2.05, 4.69) is 5.32 Å². The fourth-order valence-corrected chi connectivity index (χ4v) is 2.20. The van der Waals surface area contributed by atoms with Gasteiger partial charge in [0.05, 0.1) is 7.11 Å². The van der Waals surface area contributed by atoms with Gasteiger partial charge in [0, 0.05) is 6.54 Å². The highest BCUT2D eigenvalue weighted by atomic mass is 19.1. The minimum atomic E-state index is -0.478. The van der Waals surface area contributed by atoms with Gasteiger partial charge >= 0.3 is 0 Å². The molecular formula is C18H20FNO3. The number of methoxy groups -OCH3 is 1. The van der Waals surface area contributed by atoms with Crippen molar-refractivity contribution >= 4 is 5.91 Å². The van der Waals surface area contributed by atoms with Crippen LogP contribution in [0.4, 0.5) is 4.39 Å². The van der Waals surface area contributed by atoms with Crippen LogP contribution in [0.5, 0.6) is 11.5 Å². The van der Waals surface area contributed by atoms with Gasteiger partial charge in [0.15, 0.2) is 18.2 Å². The summed E-state index contributed by atoms with van der Waals surface area (Å²) in [6.45, 7) is 2.26. The predicted molar refractivity (Wildman–Crippen MR) is 86.3 cm³/mol. The van der Waals surface area contributed by atoms with E-state index in [4.69, 9.17) is 9.47 Å². The maximum absolute atomic E-state index is 13.3.